The Kier molecular flexibility index (Phi) is 9.53. The number of ether oxygens (including phenoxy) is 3. The number of rotatable bonds is 11. The molecule has 2 aliphatic heterocycles. The number of methoxy groups -OCH3 is 3. The molecule has 2 saturated heterocycles. The van der Waals surface area contributed by atoms with Crippen molar-refractivity contribution in [2.45, 2.75) is 50.4 Å². The second-order valence-electron chi connectivity index (χ2n) is 12.5. The third kappa shape index (κ3) is 6.35. The van der Waals surface area contributed by atoms with E-state index in [0.717, 1.165) is 71.6 Å². The zero-order chi connectivity index (χ0) is 33.4. The molecule has 1 amide bonds. The monoisotopic (exact) mass is 688 g/mol. The minimum absolute atomic E-state index is 0.104. The summed E-state index contributed by atoms with van der Waals surface area (Å²) < 4.78 is 16.9. The van der Waals surface area contributed by atoms with Crippen LogP contribution >= 0.6 is 23.2 Å². The van der Waals surface area contributed by atoms with E-state index in [-0.39, 0.29) is 24.1 Å². The fourth-order valence-electron chi connectivity index (χ4n) is 6.91. The first-order valence-corrected chi connectivity index (χ1v) is 17.0. The molecule has 2 aromatic heterocycles. The van der Waals surface area contributed by atoms with Crippen LogP contribution in [0.25, 0.3) is 33.6 Å². The highest BCUT2D eigenvalue weighted by Gasteiger charge is 2.31. The lowest BCUT2D eigenvalue weighted by atomic mass is 9.97. The largest absolute Gasteiger partial charge is 0.481 e. The Morgan fingerprint density at radius 3 is 2.21 bits per heavy atom. The van der Waals surface area contributed by atoms with E-state index in [1.807, 2.05) is 36.4 Å². The number of carbonyl (C=O) groups is 1. The summed E-state index contributed by atoms with van der Waals surface area (Å²) in [7, 11) is 4.98. The highest BCUT2D eigenvalue weighted by Crippen LogP contribution is 2.44. The van der Waals surface area contributed by atoms with Gasteiger partial charge in [0.2, 0.25) is 17.7 Å². The molecular weight excluding hydrogens is 651 g/mol. The predicted molar refractivity (Wildman–Crippen MR) is 186 cm³/mol. The summed E-state index contributed by atoms with van der Waals surface area (Å²) in [5.74, 6) is 1.17. The van der Waals surface area contributed by atoms with Gasteiger partial charge in [0.15, 0.2) is 0 Å². The number of amides is 1. The number of hydrogen-bond acceptors (Lipinski definition) is 9. The maximum Gasteiger partial charge on any atom is 0.237 e. The van der Waals surface area contributed by atoms with Crippen molar-refractivity contribution in [3.05, 3.63) is 75.5 Å². The third-order valence-corrected chi connectivity index (χ3v) is 10.3. The number of aromatic nitrogens is 3. The summed E-state index contributed by atoms with van der Waals surface area (Å²) >= 11 is 14.3. The van der Waals surface area contributed by atoms with Crippen LogP contribution in [0.15, 0.2) is 48.7 Å². The Balaban J connectivity index is 1.16. The fraction of sp³-hybridized carbons (Fsp3) is 0.389. The van der Waals surface area contributed by atoms with Crippen molar-refractivity contribution < 1.29 is 19.0 Å². The molecule has 0 radical (unpaired) electrons. The number of pyridine rings is 1. The van der Waals surface area contributed by atoms with Crippen LogP contribution in [0.4, 0.5) is 0 Å². The van der Waals surface area contributed by atoms with E-state index in [1.54, 1.807) is 27.5 Å². The Bertz CT molecular complexity index is 1850. The van der Waals surface area contributed by atoms with Gasteiger partial charge in [-0.25, -0.2) is 9.97 Å². The average molecular weight is 690 g/mol. The van der Waals surface area contributed by atoms with Crippen LogP contribution in [0, 0.1) is 0 Å². The van der Waals surface area contributed by atoms with Gasteiger partial charge < -0.3 is 24.8 Å². The maximum absolute atomic E-state index is 11.7. The number of aryl methyl sites for hydroxylation is 1. The standard InChI is InChI=1S/C36H38Cl2N6O4/c1-46-22-17-44(18-22)19-30-35(47-2)43-29(16-40-30)26-9-5-7-24(34(26)38)23-6-4-8-25(33(23)37)28-14-20-10-12-27(32(20)36(42-28)48-3)39-15-21-11-13-31(45)41-21/h4-9,14,16,21-22,27,39H,10-13,15,17-19H2,1-3H3,(H,41,45). The van der Waals surface area contributed by atoms with Crippen molar-refractivity contribution in [2.75, 3.05) is 41.0 Å². The van der Waals surface area contributed by atoms with Gasteiger partial charge in [0.1, 0.15) is 5.69 Å². The number of fused-ring (bicyclic) bond motifs is 1. The first kappa shape index (κ1) is 32.7. The van der Waals surface area contributed by atoms with Crippen LogP contribution < -0.4 is 20.1 Å². The summed E-state index contributed by atoms with van der Waals surface area (Å²) in [6.07, 6.45) is 5.24. The number of halogens is 2. The summed E-state index contributed by atoms with van der Waals surface area (Å²) in [5, 5.41) is 7.71. The van der Waals surface area contributed by atoms with Crippen LogP contribution in [0.1, 0.15) is 42.1 Å². The molecular formula is C36H38Cl2N6O4. The molecule has 2 atom stereocenters. The molecule has 2 aromatic carbocycles. The molecule has 10 nitrogen and oxygen atoms in total. The van der Waals surface area contributed by atoms with Gasteiger partial charge in [-0.2, -0.15) is 0 Å². The van der Waals surface area contributed by atoms with Gasteiger partial charge in [0.05, 0.1) is 48.0 Å². The van der Waals surface area contributed by atoms with Crippen LogP contribution in [-0.2, 0) is 22.5 Å². The fourth-order valence-corrected chi connectivity index (χ4v) is 7.55. The maximum atomic E-state index is 11.7. The van der Waals surface area contributed by atoms with Crippen molar-refractivity contribution in [3.63, 3.8) is 0 Å². The molecule has 4 heterocycles. The number of nitrogens with zero attached hydrogens (tertiary/aromatic N) is 4. The van der Waals surface area contributed by atoms with E-state index in [2.05, 4.69) is 21.6 Å². The molecule has 48 heavy (non-hydrogen) atoms. The van der Waals surface area contributed by atoms with Gasteiger partial charge in [-0.15, -0.1) is 0 Å². The summed E-state index contributed by atoms with van der Waals surface area (Å²) in [6, 6.07) is 14.1. The summed E-state index contributed by atoms with van der Waals surface area (Å²) in [4.78, 5) is 28.3. The van der Waals surface area contributed by atoms with E-state index in [1.165, 1.54) is 5.56 Å². The Morgan fingerprint density at radius 2 is 1.56 bits per heavy atom. The smallest absolute Gasteiger partial charge is 0.237 e. The average Bonchev–Trinajstić information content (AvgIpc) is 3.70. The molecule has 0 bridgehead atoms. The van der Waals surface area contributed by atoms with Crippen molar-refractivity contribution >= 4 is 29.1 Å². The molecule has 2 fully saturated rings. The first-order chi connectivity index (χ1) is 23.4. The minimum atomic E-state index is 0.104. The highest BCUT2D eigenvalue weighted by atomic mass is 35.5. The second kappa shape index (κ2) is 14.0. The topological polar surface area (TPSA) is 111 Å². The van der Waals surface area contributed by atoms with E-state index < -0.39 is 0 Å². The first-order valence-electron chi connectivity index (χ1n) is 16.2. The molecule has 250 valence electrons. The van der Waals surface area contributed by atoms with E-state index in [0.29, 0.717) is 47.0 Å². The molecule has 0 spiro atoms. The van der Waals surface area contributed by atoms with Gasteiger partial charge in [0.25, 0.3) is 0 Å². The molecule has 2 unspecified atom stereocenters. The summed E-state index contributed by atoms with van der Waals surface area (Å²) in [5.41, 5.74) is 7.42. The number of hydrogen-bond donors (Lipinski definition) is 2. The van der Waals surface area contributed by atoms with Gasteiger partial charge in [-0.1, -0.05) is 59.6 Å². The van der Waals surface area contributed by atoms with Crippen molar-refractivity contribution in [3.8, 4) is 45.4 Å². The Hall–Kier alpha value is -3.80. The molecule has 2 N–H and O–H groups in total. The van der Waals surface area contributed by atoms with Crippen LogP contribution in [0.5, 0.6) is 11.8 Å². The predicted octanol–water partition coefficient (Wildman–Crippen LogP) is 5.88. The zero-order valence-electron chi connectivity index (χ0n) is 27.2. The number of carbonyl (C=O) groups excluding carboxylic acids is 1. The third-order valence-electron chi connectivity index (χ3n) is 9.52. The van der Waals surface area contributed by atoms with Crippen LogP contribution in [0.2, 0.25) is 10.0 Å². The number of likely N-dealkylation sites (tertiary alicyclic amines) is 1. The van der Waals surface area contributed by atoms with E-state index in [4.69, 9.17) is 52.4 Å². The normalized spacial score (nSPS) is 19.2. The molecule has 12 heteroatoms. The van der Waals surface area contributed by atoms with Crippen molar-refractivity contribution in [1.82, 2.24) is 30.5 Å². The molecule has 3 aliphatic rings. The minimum Gasteiger partial charge on any atom is -0.481 e. The van der Waals surface area contributed by atoms with Crippen LogP contribution in [-0.4, -0.2) is 78.9 Å². The van der Waals surface area contributed by atoms with Crippen molar-refractivity contribution in [2.24, 2.45) is 0 Å². The van der Waals surface area contributed by atoms with Crippen LogP contribution in [0.3, 0.4) is 0 Å². The molecule has 7 rings (SSSR count). The van der Waals surface area contributed by atoms with E-state index in [9.17, 15) is 4.79 Å². The lowest BCUT2D eigenvalue weighted by molar-refractivity contribution is -0.119. The second-order valence-corrected chi connectivity index (χ2v) is 13.2. The molecule has 0 saturated carbocycles. The quantitative estimate of drug-likeness (QED) is 0.200. The van der Waals surface area contributed by atoms with Gasteiger partial charge in [-0.05, 0) is 30.9 Å². The Morgan fingerprint density at radius 1 is 0.896 bits per heavy atom. The number of nitrogens with one attached hydrogen (secondary N) is 2. The number of benzene rings is 2. The summed E-state index contributed by atoms with van der Waals surface area (Å²) in [6.45, 7) is 3.05. The Labute approximate surface area is 290 Å². The van der Waals surface area contributed by atoms with Gasteiger partial charge in [0, 0.05) is 79.6 Å². The van der Waals surface area contributed by atoms with E-state index >= 15 is 0 Å². The zero-order valence-corrected chi connectivity index (χ0v) is 28.7. The highest BCUT2D eigenvalue weighted by molar-refractivity contribution is 6.39. The lowest BCUT2D eigenvalue weighted by Gasteiger charge is -2.37. The molecule has 1 aliphatic carbocycles. The van der Waals surface area contributed by atoms with Crippen molar-refractivity contribution in [1.29, 1.82) is 0 Å². The molecule has 4 aromatic rings. The lowest BCUT2D eigenvalue weighted by Crippen LogP contribution is -2.51. The van der Waals surface area contributed by atoms with Gasteiger partial charge >= 0.3 is 0 Å². The van der Waals surface area contributed by atoms with Gasteiger partial charge in [-0.3, -0.25) is 14.7 Å². The SMILES string of the molecule is COc1nc(-c2cccc(-c3cccc(-c4cc5c(c(OC)n4)C(NCC4CCC(=O)N4)CC5)c3Cl)c2Cl)cnc1CN1CC(OC)C1.